The summed E-state index contributed by atoms with van der Waals surface area (Å²) in [5.74, 6) is 1.23. The number of nitrogen functional groups attached to an aromatic ring is 1. The monoisotopic (exact) mass is 359 g/mol. The standard InChI is InChI=1S/C18H29N7O/c1-13(2)11-21-17-14-3-7-25(8-4-15(14)22-18(19)23-17)16(26)12-24-9-5-20-6-10-24/h20H,1,3-12H2,2H3,(H3,19,21,22,23). The summed E-state index contributed by atoms with van der Waals surface area (Å²) in [6.45, 7) is 12.1. The molecular formula is C18H29N7O. The van der Waals surface area contributed by atoms with Gasteiger partial charge in [0, 0.05) is 57.8 Å². The highest BCUT2D eigenvalue weighted by atomic mass is 16.2. The Morgan fingerprint density at radius 2 is 1.96 bits per heavy atom. The fraction of sp³-hybridized carbons (Fsp3) is 0.611. The van der Waals surface area contributed by atoms with Gasteiger partial charge in [-0.15, -0.1) is 0 Å². The number of piperazine rings is 1. The maximum Gasteiger partial charge on any atom is 0.236 e. The third-order valence-electron chi connectivity index (χ3n) is 4.84. The van der Waals surface area contributed by atoms with Gasteiger partial charge in [0.1, 0.15) is 5.82 Å². The van der Waals surface area contributed by atoms with Gasteiger partial charge in [-0.25, -0.2) is 4.98 Å². The van der Waals surface area contributed by atoms with Crippen LogP contribution in [-0.4, -0.2) is 78.0 Å². The van der Waals surface area contributed by atoms with E-state index >= 15 is 0 Å². The predicted octanol–water partition coefficient (Wildman–Crippen LogP) is -0.121. The highest BCUT2D eigenvalue weighted by Gasteiger charge is 2.24. The lowest BCUT2D eigenvalue weighted by molar-refractivity contribution is -0.132. The van der Waals surface area contributed by atoms with E-state index in [4.69, 9.17) is 5.73 Å². The van der Waals surface area contributed by atoms with Gasteiger partial charge in [-0.1, -0.05) is 12.2 Å². The van der Waals surface area contributed by atoms with Gasteiger partial charge < -0.3 is 21.3 Å². The van der Waals surface area contributed by atoms with Crippen LogP contribution in [0, 0.1) is 0 Å². The summed E-state index contributed by atoms with van der Waals surface area (Å²) in [7, 11) is 0. The molecule has 8 nitrogen and oxygen atoms in total. The molecular weight excluding hydrogens is 330 g/mol. The number of hydrogen-bond acceptors (Lipinski definition) is 7. The van der Waals surface area contributed by atoms with Gasteiger partial charge in [0.25, 0.3) is 0 Å². The van der Waals surface area contributed by atoms with E-state index in [1.165, 1.54) is 0 Å². The highest BCUT2D eigenvalue weighted by Crippen LogP contribution is 2.22. The van der Waals surface area contributed by atoms with E-state index < -0.39 is 0 Å². The molecule has 1 fully saturated rings. The Hall–Kier alpha value is -2.19. The molecule has 0 aliphatic carbocycles. The second kappa shape index (κ2) is 8.46. The SMILES string of the molecule is C=C(C)CNc1nc(N)nc2c1CCN(C(=O)CN1CCNCC1)CC2. The van der Waals surface area contributed by atoms with Crippen LogP contribution in [-0.2, 0) is 17.6 Å². The first kappa shape index (κ1) is 18.6. The number of nitrogens with zero attached hydrogens (tertiary/aromatic N) is 4. The summed E-state index contributed by atoms with van der Waals surface area (Å²) in [5.41, 5.74) is 8.92. The zero-order chi connectivity index (χ0) is 18.5. The Kier molecular flexibility index (Phi) is 6.05. The number of carbonyl (C=O) groups excluding carboxylic acids is 1. The predicted molar refractivity (Wildman–Crippen MR) is 103 cm³/mol. The lowest BCUT2D eigenvalue weighted by Gasteiger charge is -2.29. The van der Waals surface area contributed by atoms with E-state index in [1.807, 2.05) is 11.8 Å². The lowest BCUT2D eigenvalue weighted by Crippen LogP contribution is -2.48. The second-order valence-corrected chi connectivity index (χ2v) is 7.07. The van der Waals surface area contributed by atoms with Crippen molar-refractivity contribution < 1.29 is 4.79 Å². The van der Waals surface area contributed by atoms with Crippen molar-refractivity contribution in [2.24, 2.45) is 0 Å². The van der Waals surface area contributed by atoms with Crippen molar-refractivity contribution in [2.75, 3.05) is 63.4 Å². The fourth-order valence-electron chi connectivity index (χ4n) is 3.41. The molecule has 0 saturated carbocycles. The molecule has 0 aromatic carbocycles. The normalized spacial score (nSPS) is 18.1. The zero-order valence-electron chi connectivity index (χ0n) is 15.6. The minimum atomic E-state index is 0.192. The van der Waals surface area contributed by atoms with Crippen LogP contribution in [0.15, 0.2) is 12.2 Å². The Morgan fingerprint density at radius 1 is 1.23 bits per heavy atom. The van der Waals surface area contributed by atoms with E-state index in [2.05, 4.69) is 32.1 Å². The van der Waals surface area contributed by atoms with E-state index in [0.717, 1.165) is 55.2 Å². The van der Waals surface area contributed by atoms with E-state index in [0.29, 0.717) is 32.6 Å². The van der Waals surface area contributed by atoms with Crippen molar-refractivity contribution in [1.82, 2.24) is 25.1 Å². The van der Waals surface area contributed by atoms with Crippen molar-refractivity contribution >= 4 is 17.7 Å². The van der Waals surface area contributed by atoms with Crippen LogP contribution in [0.1, 0.15) is 18.2 Å². The summed E-state index contributed by atoms with van der Waals surface area (Å²) in [6.07, 6.45) is 1.44. The van der Waals surface area contributed by atoms with Crippen LogP contribution in [0.4, 0.5) is 11.8 Å². The first-order chi connectivity index (χ1) is 12.5. The minimum absolute atomic E-state index is 0.192. The number of fused-ring (bicyclic) bond motifs is 1. The van der Waals surface area contributed by atoms with Gasteiger partial charge in [0.05, 0.1) is 12.2 Å². The Morgan fingerprint density at radius 3 is 2.69 bits per heavy atom. The number of nitrogens with two attached hydrogens (primary N) is 1. The zero-order valence-corrected chi connectivity index (χ0v) is 15.6. The quantitative estimate of drug-likeness (QED) is 0.630. The topological polar surface area (TPSA) is 99.4 Å². The Bertz CT molecular complexity index is 670. The van der Waals surface area contributed by atoms with Crippen molar-refractivity contribution in [2.45, 2.75) is 19.8 Å². The van der Waals surface area contributed by atoms with Gasteiger partial charge >= 0.3 is 0 Å². The van der Waals surface area contributed by atoms with Crippen molar-refractivity contribution in [3.63, 3.8) is 0 Å². The van der Waals surface area contributed by atoms with Gasteiger partial charge in [-0.3, -0.25) is 9.69 Å². The first-order valence-electron chi connectivity index (χ1n) is 9.27. The average Bonchev–Trinajstić information content (AvgIpc) is 2.83. The Labute approximate surface area is 154 Å². The molecule has 1 aromatic rings. The summed E-state index contributed by atoms with van der Waals surface area (Å²) in [5, 5.41) is 6.62. The van der Waals surface area contributed by atoms with Gasteiger partial charge in [-0.2, -0.15) is 4.98 Å². The maximum absolute atomic E-state index is 12.7. The van der Waals surface area contributed by atoms with Crippen LogP contribution in [0.5, 0.6) is 0 Å². The average molecular weight is 359 g/mol. The molecule has 0 unspecified atom stereocenters. The van der Waals surface area contributed by atoms with E-state index in [-0.39, 0.29) is 11.9 Å². The van der Waals surface area contributed by atoms with Gasteiger partial charge in [0.2, 0.25) is 11.9 Å². The third kappa shape index (κ3) is 4.70. The van der Waals surface area contributed by atoms with Crippen LogP contribution >= 0.6 is 0 Å². The molecule has 0 spiro atoms. The molecule has 2 aliphatic heterocycles. The molecule has 1 saturated heterocycles. The highest BCUT2D eigenvalue weighted by molar-refractivity contribution is 5.78. The number of nitrogens with one attached hydrogen (secondary N) is 2. The third-order valence-corrected chi connectivity index (χ3v) is 4.84. The van der Waals surface area contributed by atoms with Crippen molar-refractivity contribution in [3.05, 3.63) is 23.4 Å². The van der Waals surface area contributed by atoms with E-state index in [9.17, 15) is 4.79 Å². The number of hydrogen-bond donors (Lipinski definition) is 3. The largest absolute Gasteiger partial charge is 0.368 e. The molecule has 1 aromatic heterocycles. The van der Waals surface area contributed by atoms with Crippen molar-refractivity contribution in [3.8, 4) is 0 Å². The molecule has 2 aliphatic rings. The summed E-state index contributed by atoms with van der Waals surface area (Å²) >= 11 is 0. The van der Waals surface area contributed by atoms with Crippen LogP contribution < -0.4 is 16.4 Å². The molecule has 1 amide bonds. The molecule has 3 heterocycles. The Balaban J connectivity index is 1.66. The van der Waals surface area contributed by atoms with Gasteiger partial charge in [0.15, 0.2) is 0 Å². The molecule has 3 rings (SSSR count). The van der Waals surface area contributed by atoms with Crippen LogP contribution in [0.2, 0.25) is 0 Å². The summed E-state index contributed by atoms with van der Waals surface area (Å²) < 4.78 is 0. The van der Waals surface area contributed by atoms with Crippen LogP contribution in [0.25, 0.3) is 0 Å². The molecule has 0 radical (unpaired) electrons. The molecule has 142 valence electrons. The fourth-order valence-corrected chi connectivity index (χ4v) is 3.41. The first-order valence-corrected chi connectivity index (χ1v) is 9.27. The minimum Gasteiger partial charge on any atom is -0.368 e. The molecule has 8 heteroatoms. The lowest BCUT2D eigenvalue weighted by atomic mass is 10.1. The number of amides is 1. The summed E-state index contributed by atoms with van der Waals surface area (Å²) in [4.78, 5) is 25.7. The summed E-state index contributed by atoms with van der Waals surface area (Å²) in [6, 6.07) is 0. The number of rotatable bonds is 5. The van der Waals surface area contributed by atoms with E-state index in [1.54, 1.807) is 0 Å². The number of anilines is 2. The molecule has 0 bridgehead atoms. The molecule has 0 atom stereocenters. The second-order valence-electron chi connectivity index (χ2n) is 7.07. The van der Waals surface area contributed by atoms with Gasteiger partial charge in [-0.05, 0) is 13.3 Å². The molecule has 4 N–H and O–H groups in total. The number of carbonyl (C=O) groups is 1. The molecule has 26 heavy (non-hydrogen) atoms. The van der Waals surface area contributed by atoms with Crippen LogP contribution in [0.3, 0.4) is 0 Å². The maximum atomic E-state index is 12.7. The number of aromatic nitrogens is 2. The smallest absolute Gasteiger partial charge is 0.236 e. The van der Waals surface area contributed by atoms with Crippen molar-refractivity contribution in [1.29, 1.82) is 0 Å².